The van der Waals surface area contributed by atoms with Crippen molar-refractivity contribution in [3.05, 3.63) is 188 Å². The highest BCUT2D eigenvalue weighted by Gasteiger charge is 2.21. The van der Waals surface area contributed by atoms with Crippen molar-refractivity contribution in [3.8, 4) is 45.3 Å². The van der Waals surface area contributed by atoms with E-state index >= 15 is 0 Å². The molecule has 0 radical (unpaired) electrons. The number of furan rings is 2. The Bertz CT molecular complexity index is 3910. The van der Waals surface area contributed by atoms with E-state index in [-0.39, 0.29) is 0 Å². The molecule has 0 N–H and O–H groups in total. The summed E-state index contributed by atoms with van der Waals surface area (Å²) >= 11 is 0. The number of aromatic nitrogens is 3. The highest BCUT2D eigenvalue weighted by atomic mass is 16.3. The molecule has 3 heterocycles. The van der Waals surface area contributed by atoms with Crippen molar-refractivity contribution >= 4 is 87.0 Å². The van der Waals surface area contributed by atoms with Crippen molar-refractivity contribution in [2.45, 2.75) is 0 Å². The van der Waals surface area contributed by atoms with Gasteiger partial charge in [-0.3, -0.25) is 0 Å². The van der Waals surface area contributed by atoms with E-state index in [1.807, 2.05) is 24.3 Å². The molecule has 0 saturated heterocycles. The molecule has 278 valence electrons. The van der Waals surface area contributed by atoms with Crippen LogP contribution in [0.15, 0.2) is 197 Å². The summed E-state index contributed by atoms with van der Waals surface area (Å²) in [6.45, 7) is 0. The van der Waals surface area contributed by atoms with E-state index in [1.165, 1.54) is 21.5 Å². The Labute approximate surface area is 342 Å². The Morgan fingerprint density at radius 3 is 1.77 bits per heavy atom. The molecule has 0 aliphatic heterocycles. The second kappa shape index (κ2) is 12.7. The average Bonchev–Trinajstić information content (AvgIpc) is 3.90. The molecule has 0 bridgehead atoms. The van der Waals surface area contributed by atoms with Gasteiger partial charge < -0.3 is 8.83 Å². The Hall–Kier alpha value is -8.15. The predicted molar refractivity (Wildman–Crippen MR) is 246 cm³/mol. The summed E-state index contributed by atoms with van der Waals surface area (Å²) in [6, 6.07) is 65.8. The van der Waals surface area contributed by atoms with Crippen LogP contribution in [0.1, 0.15) is 0 Å². The first kappa shape index (κ1) is 32.9. The number of hydrogen-bond donors (Lipinski definition) is 0. The van der Waals surface area contributed by atoms with E-state index in [2.05, 4.69) is 164 Å². The van der Waals surface area contributed by atoms with Gasteiger partial charge in [-0.2, -0.15) is 0 Å². The van der Waals surface area contributed by atoms with E-state index in [9.17, 15) is 0 Å². The molecule has 0 saturated carbocycles. The number of rotatable bonds is 4. The van der Waals surface area contributed by atoms with Crippen molar-refractivity contribution < 1.29 is 8.83 Å². The summed E-state index contributed by atoms with van der Waals surface area (Å²) in [5.41, 5.74) is 8.19. The molecule has 0 aliphatic rings. The first-order valence-electron chi connectivity index (χ1n) is 20.2. The Kier molecular flexibility index (Phi) is 6.95. The van der Waals surface area contributed by atoms with Crippen molar-refractivity contribution in [3.63, 3.8) is 0 Å². The number of nitrogens with zero attached hydrogens (tertiary/aromatic N) is 3. The quantitative estimate of drug-likeness (QED) is 0.167. The fourth-order valence-corrected chi connectivity index (χ4v) is 9.21. The molecule has 60 heavy (non-hydrogen) atoms. The number of hydrogen-bond acceptors (Lipinski definition) is 5. The van der Waals surface area contributed by atoms with Crippen LogP contribution in [0.4, 0.5) is 0 Å². The maximum atomic E-state index is 6.76. The molecule has 0 fully saturated rings. The molecule has 0 aliphatic carbocycles. The summed E-state index contributed by atoms with van der Waals surface area (Å²) in [7, 11) is 0. The number of benzene rings is 10. The maximum Gasteiger partial charge on any atom is 0.164 e. The van der Waals surface area contributed by atoms with Crippen molar-refractivity contribution in [2.24, 2.45) is 0 Å². The molecule has 13 rings (SSSR count). The minimum atomic E-state index is 0.578. The van der Waals surface area contributed by atoms with Crippen LogP contribution in [0.2, 0.25) is 0 Å². The van der Waals surface area contributed by atoms with Gasteiger partial charge in [0.1, 0.15) is 22.3 Å². The fraction of sp³-hybridized carbons (Fsp3) is 0. The van der Waals surface area contributed by atoms with Crippen LogP contribution in [0.25, 0.3) is 132 Å². The summed E-state index contributed by atoms with van der Waals surface area (Å²) in [6.07, 6.45) is 0. The largest absolute Gasteiger partial charge is 0.456 e. The molecule has 0 spiro atoms. The highest BCUT2D eigenvalue weighted by Crippen LogP contribution is 2.42. The molecule has 5 heteroatoms. The summed E-state index contributed by atoms with van der Waals surface area (Å²) in [4.78, 5) is 15.8. The molecule has 10 aromatic carbocycles. The third-order valence-electron chi connectivity index (χ3n) is 12.1. The number of para-hydroxylation sites is 2. The molecule has 0 atom stereocenters. The van der Waals surface area contributed by atoms with E-state index < -0.39 is 0 Å². The second-order valence-electron chi connectivity index (χ2n) is 15.5. The third-order valence-corrected chi connectivity index (χ3v) is 12.1. The van der Waals surface area contributed by atoms with Gasteiger partial charge in [0.25, 0.3) is 0 Å². The average molecular weight is 766 g/mol. The fourth-order valence-electron chi connectivity index (χ4n) is 9.21. The SMILES string of the molecule is c1ccc2cc(-c3cccc4c3oc3cccc(-c5nc(-c6ccc7c(ccc8oc9ccccc9c87)c6)nc(-c6ccc7ccc8ccccc8c7c6)n5)c34)ccc2c1. The monoisotopic (exact) mass is 765 g/mol. The molecule has 13 aromatic rings. The third kappa shape index (κ3) is 5.03. The van der Waals surface area contributed by atoms with Gasteiger partial charge in [-0.1, -0.05) is 152 Å². The lowest BCUT2D eigenvalue weighted by Crippen LogP contribution is -2.00. The minimum Gasteiger partial charge on any atom is -0.456 e. The van der Waals surface area contributed by atoms with Crippen LogP contribution in [0, 0.1) is 0 Å². The Balaban J connectivity index is 1.04. The summed E-state index contributed by atoms with van der Waals surface area (Å²) in [5.74, 6) is 1.77. The molecular formula is C55H31N3O2. The zero-order chi connectivity index (χ0) is 39.3. The van der Waals surface area contributed by atoms with Crippen LogP contribution in [-0.2, 0) is 0 Å². The molecule has 3 aromatic heterocycles. The van der Waals surface area contributed by atoms with Crippen LogP contribution in [0.3, 0.4) is 0 Å². The van der Waals surface area contributed by atoms with Gasteiger partial charge in [-0.15, -0.1) is 0 Å². The van der Waals surface area contributed by atoms with Gasteiger partial charge in [0.2, 0.25) is 0 Å². The van der Waals surface area contributed by atoms with Gasteiger partial charge in [0, 0.05) is 43.8 Å². The lowest BCUT2D eigenvalue weighted by Gasteiger charge is -2.11. The Morgan fingerprint density at radius 1 is 0.283 bits per heavy atom. The van der Waals surface area contributed by atoms with Crippen molar-refractivity contribution in [2.75, 3.05) is 0 Å². The van der Waals surface area contributed by atoms with Crippen LogP contribution in [-0.4, -0.2) is 15.0 Å². The van der Waals surface area contributed by atoms with Gasteiger partial charge >= 0.3 is 0 Å². The zero-order valence-electron chi connectivity index (χ0n) is 32.1. The van der Waals surface area contributed by atoms with Crippen LogP contribution in [0.5, 0.6) is 0 Å². The van der Waals surface area contributed by atoms with Gasteiger partial charge in [-0.25, -0.2) is 15.0 Å². The van der Waals surface area contributed by atoms with Crippen molar-refractivity contribution in [1.82, 2.24) is 15.0 Å². The van der Waals surface area contributed by atoms with Crippen molar-refractivity contribution in [1.29, 1.82) is 0 Å². The molecule has 0 amide bonds. The zero-order valence-corrected chi connectivity index (χ0v) is 32.1. The van der Waals surface area contributed by atoms with E-state index in [0.29, 0.717) is 17.5 Å². The normalized spacial score (nSPS) is 12.0. The lowest BCUT2D eigenvalue weighted by molar-refractivity contribution is 0.669. The first-order valence-corrected chi connectivity index (χ1v) is 20.2. The standard InChI is InChI=1S/C55H31N3O2/c1-2-11-35-29-37(23-19-32(35)9-1)42-14-7-15-44-51-45(16-8-18-48(51)60-52(42)44)55-57-53(38-25-27-41-36(30-38)26-28-49-50(41)43-13-5-6-17-47(43)59-49)56-54(58-55)39-24-22-34-21-20-33-10-3-4-12-40(33)46(34)31-39/h1-31H. The minimum absolute atomic E-state index is 0.578. The summed E-state index contributed by atoms with van der Waals surface area (Å²) < 4.78 is 13.0. The lowest BCUT2D eigenvalue weighted by atomic mass is 9.98. The van der Waals surface area contributed by atoms with Crippen LogP contribution >= 0.6 is 0 Å². The second-order valence-corrected chi connectivity index (χ2v) is 15.5. The predicted octanol–water partition coefficient (Wildman–Crippen LogP) is 15.0. The first-order chi connectivity index (χ1) is 29.7. The van der Waals surface area contributed by atoms with Gasteiger partial charge in [0.05, 0.1) is 0 Å². The molecule has 0 unspecified atom stereocenters. The number of fused-ring (bicyclic) bond motifs is 12. The highest BCUT2D eigenvalue weighted by molar-refractivity contribution is 6.19. The van der Waals surface area contributed by atoms with Gasteiger partial charge in [-0.05, 0) is 85.1 Å². The van der Waals surface area contributed by atoms with Crippen LogP contribution < -0.4 is 0 Å². The Morgan fingerprint density at radius 2 is 0.867 bits per heavy atom. The maximum absolute atomic E-state index is 6.76. The van der Waals surface area contributed by atoms with E-state index in [1.54, 1.807) is 0 Å². The van der Waals surface area contributed by atoms with E-state index in [4.69, 9.17) is 23.8 Å². The smallest absolute Gasteiger partial charge is 0.164 e. The topological polar surface area (TPSA) is 65.0 Å². The van der Waals surface area contributed by atoms with E-state index in [0.717, 1.165) is 93.2 Å². The molecular weight excluding hydrogens is 735 g/mol. The summed E-state index contributed by atoms with van der Waals surface area (Å²) in [5, 5.41) is 13.5. The molecule has 5 nitrogen and oxygen atoms in total. The van der Waals surface area contributed by atoms with Gasteiger partial charge in [0.15, 0.2) is 17.5 Å².